The van der Waals surface area contributed by atoms with Crippen molar-refractivity contribution in [3.8, 4) is 0 Å². The molecule has 0 aliphatic heterocycles. The highest BCUT2D eigenvalue weighted by Crippen LogP contribution is 2.25. The third kappa shape index (κ3) is 3.87. The molecule has 0 aliphatic rings. The second-order valence-corrected chi connectivity index (χ2v) is 5.74. The number of aryl methyl sites for hydroxylation is 1. The van der Waals surface area contributed by atoms with Crippen molar-refractivity contribution >= 4 is 15.9 Å². The van der Waals surface area contributed by atoms with Gasteiger partial charge in [0.05, 0.1) is 6.04 Å². The summed E-state index contributed by atoms with van der Waals surface area (Å²) in [5.74, 6) is -0.238. The third-order valence-corrected chi connectivity index (χ3v) is 3.54. The van der Waals surface area contributed by atoms with E-state index in [1.54, 1.807) is 6.07 Å². The van der Waals surface area contributed by atoms with Gasteiger partial charge in [0.15, 0.2) is 0 Å². The van der Waals surface area contributed by atoms with E-state index in [2.05, 4.69) is 33.2 Å². The molecule has 1 atom stereocenters. The molecule has 0 fully saturated rings. The van der Waals surface area contributed by atoms with Crippen LogP contribution in [0.4, 0.5) is 4.39 Å². The summed E-state index contributed by atoms with van der Waals surface area (Å²) in [5, 5.41) is 3.45. The molecule has 106 valence electrons. The van der Waals surface area contributed by atoms with Crippen LogP contribution in [0.5, 0.6) is 0 Å². The van der Waals surface area contributed by atoms with Crippen molar-refractivity contribution in [3.63, 3.8) is 0 Å². The van der Waals surface area contributed by atoms with Crippen molar-refractivity contribution in [2.75, 3.05) is 6.54 Å². The SMILES string of the molecule is CCCNC(c1ccc(C)nc1)c1cc(F)cc(Br)c1. The number of nitrogens with zero attached hydrogens (tertiary/aromatic N) is 1. The predicted octanol–water partition coefficient (Wildman–Crippen LogP) is 4.38. The van der Waals surface area contributed by atoms with Crippen LogP contribution in [0.3, 0.4) is 0 Å². The van der Waals surface area contributed by atoms with Gasteiger partial charge in [-0.3, -0.25) is 4.98 Å². The zero-order valence-electron chi connectivity index (χ0n) is 11.7. The van der Waals surface area contributed by atoms with E-state index in [1.165, 1.54) is 6.07 Å². The lowest BCUT2D eigenvalue weighted by Gasteiger charge is -2.20. The Labute approximate surface area is 127 Å². The van der Waals surface area contributed by atoms with Crippen LogP contribution in [0.25, 0.3) is 0 Å². The van der Waals surface area contributed by atoms with Crippen LogP contribution in [0.15, 0.2) is 41.0 Å². The third-order valence-electron chi connectivity index (χ3n) is 3.08. The number of benzene rings is 1. The zero-order chi connectivity index (χ0) is 14.5. The minimum Gasteiger partial charge on any atom is -0.306 e. The number of hydrogen-bond donors (Lipinski definition) is 1. The fourth-order valence-corrected chi connectivity index (χ4v) is 2.59. The monoisotopic (exact) mass is 336 g/mol. The van der Waals surface area contributed by atoms with E-state index in [4.69, 9.17) is 0 Å². The van der Waals surface area contributed by atoms with Crippen molar-refractivity contribution in [2.45, 2.75) is 26.3 Å². The van der Waals surface area contributed by atoms with Gasteiger partial charge >= 0.3 is 0 Å². The molecule has 2 rings (SSSR count). The summed E-state index contributed by atoms with van der Waals surface area (Å²) < 4.78 is 14.4. The first-order valence-electron chi connectivity index (χ1n) is 6.72. The maximum absolute atomic E-state index is 13.6. The molecular formula is C16H18BrFN2. The molecule has 2 nitrogen and oxygen atoms in total. The molecule has 1 unspecified atom stereocenters. The van der Waals surface area contributed by atoms with Gasteiger partial charge in [-0.1, -0.05) is 28.9 Å². The smallest absolute Gasteiger partial charge is 0.124 e. The van der Waals surface area contributed by atoms with Crippen LogP contribution in [0.1, 0.15) is 36.2 Å². The molecule has 0 spiro atoms. The van der Waals surface area contributed by atoms with Crippen LogP contribution in [0, 0.1) is 12.7 Å². The lowest BCUT2D eigenvalue weighted by Crippen LogP contribution is -2.23. The molecule has 0 aliphatic carbocycles. The Hall–Kier alpha value is -1.26. The van der Waals surface area contributed by atoms with Gasteiger partial charge in [-0.15, -0.1) is 0 Å². The van der Waals surface area contributed by atoms with Crippen LogP contribution in [-0.4, -0.2) is 11.5 Å². The van der Waals surface area contributed by atoms with Gasteiger partial charge in [-0.05, 0) is 55.3 Å². The van der Waals surface area contributed by atoms with Crippen LogP contribution in [-0.2, 0) is 0 Å². The quantitative estimate of drug-likeness (QED) is 0.876. The maximum atomic E-state index is 13.6. The molecule has 1 heterocycles. The first-order valence-corrected chi connectivity index (χ1v) is 7.51. The lowest BCUT2D eigenvalue weighted by molar-refractivity contribution is 0.583. The van der Waals surface area contributed by atoms with E-state index in [0.717, 1.165) is 34.3 Å². The minimum atomic E-state index is -0.238. The molecule has 1 N–H and O–H groups in total. The minimum absolute atomic E-state index is 0.0463. The van der Waals surface area contributed by atoms with Crippen LogP contribution in [0.2, 0.25) is 0 Å². The molecule has 4 heteroatoms. The Kier molecular flexibility index (Phi) is 5.26. The molecule has 0 bridgehead atoms. The van der Waals surface area contributed by atoms with Crippen LogP contribution >= 0.6 is 15.9 Å². The summed E-state index contributed by atoms with van der Waals surface area (Å²) in [4.78, 5) is 4.33. The van der Waals surface area contributed by atoms with Crippen molar-refractivity contribution in [1.29, 1.82) is 0 Å². The molecule has 1 aromatic carbocycles. The summed E-state index contributed by atoms with van der Waals surface area (Å²) in [5.41, 5.74) is 2.92. The molecule has 0 radical (unpaired) electrons. The summed E-state index contributed by atoms with van der Waals surface area (Å²) in [6.07, 6.45) is 2.87. The first-order chi connectivity index (χ1) is 9.60. The fourth-order valence-electron chi connectivity index (χ4n) is 2.11. The van der Waals surface area contributed by atoms with Gasteiger partial charge in [0, 0.05) is 16.4 Å². The molecule has 0 saturated carbocycles. The number of nitrogens with one attached hydrogen (secondary N) is 1. The first kappa shape index (κ1) is 15.1. The topological polar surface area (TPSA) is 24.9 Å². The van der Waals surface area contributed by atoms with E-state index >= 15 is 0 Å². The Morgan fingerprint density at radius 2 is 2.05 bits per heavy atom. The van der Waals surface area contributed by atoms with Crippen molar-refractivity contribution < 1.29 is 4.39 Å². The normalized spacial score (nSPS) is 12.4. The largest absolute Gasteiger partial charge is 0.306 e. The Balaban J connectivity index is 2.38. The van der Waals surface area contributed by atoms with Crippen molar-refractivity contribution in [1.82, 2.24) is 10.3 Å². The van der Waals surface area contributed by atoms with Crippen molar-refractivity contribution in [3.05, 3.63) is 63.6 Å². The maximum Gasteiger partial charge on any atom is 0.124 e. The molecule has 1 aromatic heterocycles. The summed E-state index contributed by atoms with van der Waals surface area (Å²) in [7, 11) is 0. The van der Waals surface area contributed by atoms with E-state index in [1.807, 2.05) is 31.3 Å². The van der Waals surface area contributed by atoms with Gasteiger partial charge < -0.3 is 5.32 Å². The molecular weight excluding hydrogens is 319 g/mol. The van der Waals surface area contributed by atoms with Gasteiger partial charge in [0.25, 0.3) is 0 Å². The lowest BCUT2D eigenvalue weighted by atomic mass is 9.99. The van der Waals surface area contributed by atoms with Crippen molar-refractivity contribution in [2.24, 2.45) is 0 Å². The van der Waals surface area contributed by atoms with Gasteiger partial charge in [-0.25, -0.2) is 4.39 Å². The zero-order valence-corrected chi connectivity index (χ0v) is 13.2. The van der Waals surface area contributed by atoms with E-state index in [0.29, 0.717) is 0 Å². The van der Waals surface area contributed by atoms with Gasteiger partial charge in [0.2, 0.25) is 0 Å². The highest BCUT2D eigenvalue weighted by molar-refractivity contribution is 9.10. The number of aromatic nitrogens is 1. The summed E-state index contributed by atoms with van der Waals surface area (Å²) in [6, 6.07) is 8.94. The number of halogens is 2. The number of pyridine rings is 1. The highest BCUT2D eigenvalue weighted by atomic mass is 79.9. The summed E-state index contributed by atoms with van der Waals surface area (Å²) in [6.45, 7) is 4.93. The number of hydrogen-bond acceptors (Lipinski definition) is 2. The molecule has 2 aromatic rings. The van der Waals surface area contributed by atoms with Gasteiger partial charge in [0.1, 0.15) is 5.82 Å². The van der Waals surface area contributed by atoms with Crippen LogP contribution < -0.4 is 5.32 Å². The Morgan fingerprint density at radius 1 is 1.25 bits per heavy atom. The second-order valence-electron chi connectivity index (χ2n) is 4.82. The fraction of sp³-hybridized carbons (Fsp3) is 0.312. The predicted molar refractivity (Wildman–Crippen MR) is 83.2 cm³/mol. The molecule has 20 heavy (non-hydrogen) atoms. The van der Waals surface area contributed by atoms with E-state index in [9.17, 15) is 4.39 Å². The second kappa shape index (κ2) is 6.95. The van der Waals surface area contributed by atoms with E-state index in [-0.39, 0.29) is 11.9 Å². The standard InChI is InChI=1S/C16H18BrFN2/c1-3-6-19-16(12-5-4-11(2)20-10-12)13-7-14(17)9-15(18)8-13/h4-5,7-10,16,19H,3,6H2,1-2H3. The Morgan fingerprint density at radius 3 is 2.65 bits per heavy atom. The summed E-state index contributed by atoms with van der Waals surface area (Å²) >= 11 is 3.35. The van der Waals surface area contributed by atoms with Gasteiger partial charge in [-0.2, -0.15) is 0 Å². The average Bonchev–Trinajstić information content (AvgIpc) is 2.40. The average molecular weight is 337 g/mol. The molecule has 0 amide bonds. The van der Waals surface area contributed by atoms with E-state index < -0.39 is 0 Å². The molecule has 0 saturated heterocycles. The Bertz CT molecular complexity index is 549. The highest BCUT2D eigenvalue weighted by Gasteiger charge is 2.15. The number of rotatable bonds is 5.